The van der Waals surface area contributed by atoms with Crippen LogP contribution in [-0.4, -0.2) is 25.3 Å². The molecule has 1 aromatic carbocycles. The van der Waals surface area contributed by atoms with Crippen molar-refractivity contribution in [3.8, 4) is 6.07 Å². The highest BCUT2D eigenvalue weighted by Gasteiger charge is 2.30. The summed E-state index contributed by atoms with van der Waals surface area (Å²) in [4.78, 5) is 0.0346. The van der Waals surface area contributed by atoms with Gasteiger partial charge in [-0.05, 0) is 41.9 Å². The minimum atomic E-state index is -3.76. The minimum Gasteiger partial charge on any atom is -0.398 e. The van der Waals surface area contributed by atoms with Gasteiger partial charge in [-0.25, -0.2) is 8.42 Å². The molecule has 0 fully saturated rings. The summed E-state index contributed by atoms with van der Waals surface area (Å²) in [5, 5.41) is 8.67. The van der Waals surface area contributed by atoms with Gasteiger partial charge < -0.3 is 5.73 Å². The topological polar surface area (TPSA) is 87.2 Å². The van der Waals surface area contributed by atoms with Crippen LogP contribution in [0.4, 0.5) is 5.69 Å². The number of halogens is 2. The average Bonchev–Trinajstić information content (AvgIpc) is 2.26. The highest BCUT2D eigenvalue weighted by molar-refractivity contribution is 9.11. The molecule has 0 heterocycles. The quantitative estimate of drug-likeness (QED) is 0.735. The van der Waals surface area contributed by atoms with E-state index in [1.165, 1.54) is 4.31 Å². The summed E-state index contributed by atoms with van der Waals surface area (Å²) in [5.74, 6) is 0. The molecule has 110 valence electrons. The molecule has 0 amide bonds. The van der Waals surface area contributed by atoms with Crippen molar-refractivity contribution in [3.05, 3.63) is 21.1 Å². The second-order valence-corrected chi connectivity index (χ2v) is 8.02. The van der Waals surface area contributed by atoms with Crippen molar-refractivity contribution in [3.63, 3.8) is 0 Å². The molecule has 0 aliphatic carbocycles. The van der Waals surface area contributed by atoms with Crippen molar-refractivity contribution >= 4 is 47.6 Å². The standard InChI is InChI=1S/C12H15Br2N3O2S/c1-8(2)17(5-3-4-15)20(18,19)12-10(14)6-9(13)7-11(12)16/h6-8H,3,5,16H2,1-2H3. The predicted octanol–water partition coefficient (Wildman–Crippen LogP) is 3.11. The summed E-state index contributed by atoms with van der Waals surface area (Å²) in [6, 6.07) is 4.87. The molecule has 0 atom stereocenters. The molecule has 0 aliphatic rings. The van der Waals surface area contributed by atoms with Gasteiger partial charge in [0.25, 0.3) is 0 Å². The minimum absolute atomic E-state index is 0.0346. The molecule has 1 aromatic rings. The van der Waals surface area contributed by atoms with Crippen molar-refractivity contribution in [2.75, 3.05) is 12.3 Å². The van der Waals surface area contributed by atoms with E-state index in [0.29, 0.717) is 8.95 Å². The normalized spacial score (nSPS) is 11.8. The number of nitrogens with two attached hydrogens (primary N) is 1. The molecule has 2 N–H and O–H groups in total. The zero-order valence-corrected chi connectivity index (χ0v) is 15.1. The van der Waals surface area contributed by atoms with Gasteiger partial charge in [-0.2, -0.15) is 9.57 Å². The smallest absolute Gasteiger partial charge is 0.246 e. The molecule has 20 heavy (non-hydrogen) atoms. The summed E-state index contributed by atoms with van der Waals surface area (Å²) in [6.45, 7) is 3.66. The summed E-state index contributed by atoms with van der Waals surface area (Å²) in [5.41, 5.74) is 6.01. The number of nitrogens with zero attached hydrogens (tertiary/aromatic N) is 2. The number of hydrogen-bond acceptors (Lipinski definition) is 4. The Balaban J connectivity index is 3.38. The van der Waals surface area contributed by atoms with Crippen molar-refractivity contribution in [2.24, 2.45) is 0 Å². The third-order valence-corrected chi connectivity index (χ3v) is 6.16. The first-order valence-corrected chi connectivity index (χ1v) is 8.87. The zero-order valence-electron chi connectivity index (χ0n) is 11.1. The molecule has 0 unspecified atom stereocenters. The molecule has 1 rings (SSSR count). The lowest BCUT2D eigenvalue weighted by atomic mass is 10.3. The summed E-state index contributed by atoms with van der Waals surface area (Å²) < 4.78 is 27.8. The van der Waals surface area contributed by atoms with Crippen LogP contribution < -0.4 is 5.73 Å². The summed E-state index contributed by atoms with van der Waals surface area (Å²) in [7, 11) is -3.76. The first-order valence-electron chi connectivity index (χ1n) is 5.85. The Hall–Kier alpha value is -0.620. The van der Waals surface area contributed by atoms with Gasteiger partial charge in [-0.3, -0.25) is 0 Å². The van der Waals surface area contributed by atoms with Gasteiger partial charge in [0.05, 0.1) is 11.8 Å². The molecule has 0 saturated carbocycles. The average molecular weight is 425 g/mol. The van der Waals surface area contributed by atoms with Crippen LogP contribution in [0.5, 0.6) is 0 Å². The first kappa shape index (κ1) is 17.4. The fourth-order valence-electron chi connectivity index (χ4n) is 1.79. The lowest BCUT2D eigenvalue weighted by molar-refractivity contribution is 0.360. The van der Waals surface area contributed by atoms with E-state index in [2.05, 4.69) is 31.9 Å². The van der Waals surface area contributed by atoms with Gasteiger partial charge in [0, 0.05) is 28.0 Å². The lowest BCUT2D eigenvalue weighted by Gasteiger charge is -2.26. The second kappa shape index (κ2) is 6.89. The number of nitriles is 1. The predicted molar refractivity (Wildman–Crippen MR) is 85.5 cm³/mol. The molecule has 5 nitrogen and oxygen atoms in total. The van der Waals surface area contributed by atoms with E-state index in [4.69, 9.17) is 11.0 Å². The molecule has 0 bridgehead atoms. The number of anilines is 1. The number of benzene rings is 1. The molecule has 8 heteroatoms. The van der Waals surface area contributed by atoms with Gasteiger partial charge in [0.1, 0.15) is 4.90 Å². The Bertz CT molecular complexity index is 616. The van der Waals surface area contributed by atoms with Crippen LogP contribution in [0.15, 0.2) is 26.0 Å². The lowest BCUT2D eigenvalue weighted by Crippen LogP contribution is -2.38. The van der Waals surface area contributed by atoms with E-state index in [9.17, 15) is 8.42 Å². The molecule has 0 spiro atoms. The second-order valence-electron chi connectivity index (χ2n) is 4.42. The van der Waals surface area contributed by atoms with Gasteiger partial charge >= 0.3 is 0 Å². The van der Waals surface area contributed by atoms with Gasteiger partial charge in [-0.15, -0.1) is 0 Å². The third kappa shape index (κ3) is 3.73. The van der Waals surface area contributed by atoms with Crippen molar-refractivity contribution in [1.82, 2.24) is 4.31 Å². The Labute approximate surface area is 136 Å². The van der Waals surface area contributed by atoms with Gasteiger partial charge in [0.2, 0.25) is 10.0 Å². The van der Waals surface area contributed by atoms with Gasteiger partial charge in [0.15, 0.2) is 0 Å². The maximum Gasteiger partial charge on any atom is 0.246 e. The summed E-state index contributed by atoms with van der Waals surface area (Å²) in [6.07, 6.45) is 0.130. The zero-order chi connectivity index (χ0) is 15.5. The number of sulfonamides is 1. The van der Waals surface area contributed by atoms with E-state index < -0.39 is 10.0 Å². The van der Waals surface area contributed by atoms with Crippen LogP contribution in [0.1, 0.15) is 20.3 Å². The van der Waals surface area contributed by atoms with Crippen LogP contribution in [-0.2, 0) is 10.0 Å². The fourth-order valence-corrected chi connectivity index (χ4v) is 5.44. The summed E-state index contributed by atoms with van der Waals surface area (Å²) >= 11 is 6.50. The van der Waals surface area contributed by atoms with E-state index in [1.54, 1.807) is 26.0 Å². The molecule has 0 radical (unpaired) electrons. The van der Waals surface area contributed by atoms with E-state index in [1.807, 2.05) is 6.07 Å². The SMILES string of the molecule is CC(C)N(CCC#N)S(=O)(=O)c1c(N)cc(Br)cc1Br. The maximum absolute atomic E-state index is 12.7. The van der Waals surface area contributed by atoms with Crippen molar-refractivity contribution in [2.45, 2.75) is 31.2 Å². The number of nitrogen functional groups attached to an aromatic ring is 1. The highest BCUT2D eigenvalue weighted by Crippen LogP contribution is 2.34. The molecule has 0 aliphatic heterocycles. The molecule has 0 aromatic heterocycles. The van der Waals surface area contributed by atoms with Crippen molar-refractivity contribution in [1.29, 1.82) is 5.26 Å². The Morgan fingerprint density at radius 1 is 1.40 bits per heavy atom. The Kier molecular flexibility index (Phi) is 6.01. The Morgan fingerprint density at radius 3 is 2.45 bits per heavy atom. The van der Waals surface area contributed by atoms with Crippen LogP contribution in [0, 0.1) is 11.3 Å². The van der Waals surface area contributed by atoms with Crippen LogP contribution >= 0.6 is 31.9 Å². The van der Waals surface area contributed by atoms with E-state index >= 15 is 0 Å². The fraction of sp³-hybridized carbons (Fsp3) is 0.417. The number of hydrogen-bond donors (Lipinski definition) is 1. The van der Waals surface area contributed by atoms with Crippen molar-refractivity contribution < 1.29 is 8.42 Å². The van der Waals surface area contributed by atoms with E-state index in [-0.39, 0.29) is 29.6 Å². The molecule has 0 saturated heterocycles. The first-order chi connectivity index (χ1) is 9.21. The van der Waals surface area contributed by atoms with Crippen LogP contribution in [0.25, 0.3) is 0 Å². The van der Waals surface area contributed by atoms with Gasteiger partial charge in [-0.1, -0.05) is 15.9 Å². The molecular weight excluding hydrogens is 410 g/mol. The Morgan fingerprint density at radius 2 is 2.00 bits per heavy atom. The third-order valence-electron chi connectivity index (χ3n) is 2.62. The monoisotopic (exact) mass is 423 g/mol. The maximum atomic E-state index is 12.7. The van der Waals surface area contributed by atoms with Crippen LogP contribution in [0.3, 0.4) is 0 Å². The highest BCUT2D eigenvalue weighted by atomic mass is 79.9. The van der Waals surface area contributed by atoms with E-state index in [0.717, 1.165) is 0 Å². The largest absolute Gasteiger partial charge is 0.398 e. The molecular formula is C12H15Br2N3O2S. The van der Waals surface area contributed by atoms with Crippen LogP contribution in [0.2, 0.25) is 0 Å². The number of rotatable bonds is 5.